The Morgan fingerprint density at radius 2 is 1.88 bits per heavy atom. The summed E-state index contributed by atoms with van der Waals surface area (Å²) in [5.41, 5.74) is 2.22. The van der Waals surface area contributed by atoms with Gasteiger partial charge in [-0.2, -0.15) is 0 Å². The standard InChI is InChI=1S/C23H27N5O5/c1-25-7-9-26(10-8-25)14-18-4-2-3-17(11-18)13-24-22(29)15-27-20-12-19(28(31)32)5-6-21(20)33-16-23(27)30/h2-6,11-12H,7-10,13-16H2,1H3,(H,24,29). The van der Waals surface area contributed by atoms with Gasteiger partial charge in [-0.05, 0) is 24.2 Å². The number of piperazine rings is 1. The first-order valence-corrected chi connectivity index (χ1v) is 10.9. The van der Waals surface area contributed by atoms with E-state index in [1.165, 1.54) is 28.7 Å². The van der Waals surface area contributed by atoms with Crippen molar-refractivity contribution in [1.29, 1.82) is 0 Å². The lowest BCUT2D eigenvalue weighted by Crippen LogP contribution is -2.45. The van der Waals surface area contributed by atoms with Gasteiger partial charge < -0.3 is 15.0 Å². The van der Waals surface area contributed by atoms with E-state index in [0.29, 0.717) is 12.3 Å². The van der Waals surface area contributed by atoms with Gasteiger partial charge in [-0.25, -0.2) is 0 Å². The van der Waals surface area contributed by atoms with E-state index in [0.717, 1.165) is 38.3 Å². The predicted octanol–water partition coefficient (Wildman–Crippen LogP) is 1.38. The number of nitrogens with one attached hydrogen (secondary N) is 1. The number of nitrogens with zero attached hydrogens (tertiary/aromatic N) is 4. The normalized spacial score (nSPS) is 16.8. The van der Waals surface area contributed by atoms with Crippen LogP contribution in [0.3, 0.4) is 0 Å². The second-order valence-corrected chi connectivity index (χ2v) is 8.35. The zero-order valence-electron chi connectivity index (χ0n) is 18.5. The van der Waals surface area contributed by atoms with Crippen LogP contribution in [0.4, 0.5) is 11.4 Å². The third kappa shape index (κ3) is 5.65. The van der Waals surface area contributed by atoms with Crippen molar-refractivity contribution in [3.05, 3.63) is 63.7 Å². The van der Waals surface area contributed by atoms with Crippen LogP contribution in [0.25, 0.3) is 0 Å². The van der Waals surface area contributed by atoms with Gasteiger partial charge in [0.1, 0.15) is 12.3 Å². The first-order chi connectivity index (χ1) is 15.9. The van der Waals surface area contributed by atoms with Crippen molar-refractivity contribution in [2.45, 2.75) is 13.1 Å². The fourth-order valence-corrected chi connectivity index (χ4v) is 3.98. The molecule has 10 heteroatoms. The van der Waals surface area contributed by atoms with Crippen LogP contribution in [0.2, 0.25) is 0 Å². The number of rotatable bonds is 7. The van der Waals surface area contributed by atoms with E-state index in [-0.39, 0.29) is 30.4 Å². The summed E-state index contributed by atoms with van der Waals surface area (Å²) in [6, 6.07) is 12.1. The maximum absolute atomic E-state index is 12.6. The third-order valence-corrected chi connectivity index (χ3v) is 5.88. The molecule has 2 aliphatic heterocycles. The Hall–Kier alpha value is -3.50. The first kappa shape index (κ1) is 22.7. The zero-order chi connectivity index (χ0) is 23.4. The van der Waals surface area contributed by atoms with Crippen LogP contribution < -0.4 is 15.0 Å². The molecule has 0 bridgehead atoms. The number of hydrogen-bond donors (Lipinski definition) is 1. The highest BCUT2D eigenvalue weighted by molar-refractivity contribution is 6.02. The number of carbonyl (C=O) groups excluding carboxylic acids is 2. The molecule has 1 saturated heterocycles. The van der Waals surface area contributed by atoms with Gasteiger partial charge >= 0.3 is 0 Å². The average molecular weight is 453 g/mol. The SMILES string of the molecule is CN1CCN(Cc2cccc(CNC(=O)CN3C(=O)COc4ccc([N+](=O)[O-])cc43)c2)CC1. The van der Waals surface area contributed by atoms with Gasteiger partial charge in [0, 0.05) is 51.4 Å². The number of non-ortho nitro benzene ring substituents is 1. The Kier molecular flexibility index (Phi) is 6.85. The summed E-state index contributed by atoms with van der Waals surface area (Å²) in [6.45, 7) is 4.92. The second-order valence-electron chi connectivity index (χ2n) is 8.35. The van der Waals surface area contributed by atoms with Gasteiger partial charge in [0.2, 0.25) is 5.91 Å². The highest BCUT2D eigenvalue weighted by Gasteiger charge is 2.29. The van der Waals surface area contributed by atoms with Crippen LogP contribution >= 0.6 is 0 Å². The molecule has 2 aromatic carbocycles. The Morgan fingerprint density at radius 1 is 1.12 bits per heavy atom. The lowest BCUT2D eigenvalue weighted by molar-refractivity contribution is -0.384. The molecule has 33 heavy (non-hydrogen) atoms. The van der Waals surface area contributed by atoms with Crippen LogP contribution in [0.5, 0.6) is 5.75 Å². The number of carbonyl (C=O) groups is 2. The predicted molar refractivity (Wildman–Crippen MR) is 122 cm³/mol. The molecule has 4 rings (SSSR count). The van der Waals surface area contributed by atoms with Crippen LogP contribution in [0.1, 0.15) is 11.1 Å². The van der Waals surface area contributed by atoms with Crippen molar-refractivity contribution in [2.24, 2.45) is 0 Å². The number of amides is 2. The number of nitro benzene ring substituents is 1. The number of likely N-dealkylation sites (N-methyl/N-ethyl adjacent to an activating group) is 1. The summed E-state index contributed by atoms with van der Waals surface area (Å²) < 4.78 is 5.34. The summed E-state index contributed by atoms with van der Waals surface area (Å²) in [6.07, 6.45) is 0. The van der Waals surface area contributed by atoms with E-state index in [9.17, 15) is 19.7 Å². The van der Waals surface area contributed by atoms with E-state index in [2.05, 4.69) is 34.3 Å². The minimum Gasteiger partial charge on any atom is -0.482 e. The molecule has 2 amide bonds. The van der Waals surface area contributed by atoms with Gasteiger partial charge in [-0.3, -0.25) is 29.5 Å². The van der Waals surface area contributed by atoms with Crippen molar-refractivity contribution in [2.75, 3.05) is 51.3 Å². The van der Waals surface area contributed by atoms with Crippen molar-refractivity contribution >= 4 is 23.2 Å². The van der Waals surface area contributed by atoms with Crippen molar-refractivity contribution in [3.8, 4) is 5.75 Å². The number of benzene rings is 2. The summed E-state index contributed by atoms with van der Waals surface area (Å²) in [7, 11) is 2.13. The lowest BCUT2D eigenvalue weighted by atomic mass is 10.1. The molecule has 0 unspecified atom stereocenters. The summed E-state index contributed by atoms with van der Waals surface area (Å²) >= 11 is 0. The number of fused-ring (bicyclic) bond motifs is 1. The fraction of sp³-hybridized carbons (Fsp3) is 0.391. The Bertz CT molecular complexity index is 1050. The van der Waals surface area contributed by atoms with Crippen LogP contribution in [0, 0.1) is 10.1 Å². The average Bonchev–Trinajstić information content (AvgIpc) is 2.81. The summed E-state index contributed by atoms with van der Waals surface area (Å²) in [4.78, 5) is 41.5. The van der Waals surface area contributed by atoms with E-state index < -0.39 is 10.8 Å². The van der Waals surface area contributed by atoms with Crippen LogP contribution in [-0.4, -0.2) is 72.9 Å². The highest BCUT2D eigenvalue weighted by Crippen LogP contribution is 2.35. The maximum Gasteiger partial charge on any atom is 0.271 e. The van der Waals surface area contributed by atoms with Crippen molar-refractivity contribution in [3.63, 3.8) is 0 Å². The quantitative estimate of drug-likeness (QED) is 0.498. The van der Waals surface area contributed by atoms with Crippen molar-refractivity contribution in [1.82, 2.24) is 15.1 Å². The molecule has 174 valence electrons. The van der Waals surface area contributed by atoms with Gasteiger partial charge in [0.25, 0.3) is 11.6 Å². The number of ether oxygens (including phenoxy) is 1. The smallest absolute Gasteiger partial charge is 0.271 e. The van der Waals surface area contributed by atoms with Crippen molar-refractivity contribution < 1.29 is 19.2 Å². The van der Waals surface area contributed by atoms with Gasteiger partial charge in [0.05, 0.1) is 10.6 Å². The Labute approximate surface area is 191 Å². The molecule has 2 aliphatic rings. The number of anilines is 1. The Balaban J connectivity index is 1.36. The zero-order valence-corrected chi connectivity index (χ0v) is 18.5. The summed E-state index contributed by atoms with van der Waals surface area (Å²) in [5, 5.41) is 13.9. The number of hydrogen-bond acceptors (Lipinski definition) is 7. The van der Waals surface area contributed by atoms with E-state index in [1.54, 1.807) is 0 Å². The lowest BCUT2D eigenvalue weighted by Gasteiger charge is -2.32. The molecule has 2 heterocycles. The van der Waals surface area contributed by atoms with Gasteiger partial charge in [0.15, 0.2) is 6.61 Å². The van der Waals surface area contributed by atoms with Crippen LogP contribution in [-0.2, 0) is 22.7 Å². The maximum atomic E-state index is 12.6. The topological polar surface area (TPSA) is 108 Å². The van der Waals surface area contributed by atoms with Gasteiger partial charge in [-0.15, -0.1) is 0 Å². The molecule has 0 aliphatic carbocycles. The molecule has 0 atom stereocenters. The van der Waals surface area contributed by atoms with E-state index in [1.807, 2.05) is 12.1 Å². The first-order valence-electron chi connectivity index (χ1n) is 10.9. The second kappa shape index (κ2) is 9.97. The molecule has 2 aromatic rings. The van der Waals surface area contributed by atoms with Crippen LogP contribution in [0.15, 0.2) is 42.5 Å². The molecular formula is C23H27N5O5. The molecule has 1 fully saturated rings. The van der Waals surface area contributed by atoms with E-state index in [4.69, 9.17) is 4.74 Å². The number of nitro groups is 1. The molecule has 10 nitrogen and oxygen atoms in total. The Morgan fingerprint density at radius 3 is 2.64 bits per heavy atom. The minimum absolute atomic E-state index is 0.172. The molecule has 1 N–H and O–H groups in total. The molecular weight excluding hydrogens is 426 g/mol. The molecule has 0 aromatic heterocycles. The molecule has 0 radical (unpaired) electrons. The van der Waals surface area contributed by atoms with E-state index >= 15 is 0 Å². The monoisotopic (exact) mass is 453 g/mol. The summed E-state index contributed by atoms with van der Waals surface area (Å²) in [5.74, 6) is -0.441. The molecule has 0 spiro atoms. The molecule has 0 saturated carbocycles. The largest absolute Gasteiger partial charge is 0.482 e. The fourth-order valence-electron chi connectivity index (χ4n) is 3.98. The highest BCUT2D eigenvalue weighted by atomic mass is 16.6. The minimum atomic E-state index is -0.549. The third-order valence-electron chi connectivity index (χ3n) is 5.88. The van der Waals surface area contributed by atoms with Gasteiger partial charge in [-0.1, -0.05) is 24.3 Å².